The zero-order valence-corrected chi connectivity index (χ0v) is 9.78. The van der Waals surface area contributed by atoms with Gasteiger partial charge >= 0.3 is 0 Å². The van der Waals surface area contributed by atoms with Crippen LogP contribution in [0.4, 0.5) is 0 Å². The standard InChI is InChI=1S/C7H6O4S.Na/c8-5-6-2-1-3-7(4-6)12(9,10)11;/h1-5H,(H,9,10,11);. The van der Waals surface area contributed by atoms with E-state index < -0.39 is 10.1 Å². The van der Waals surface area contributed by atoms with Crippen LogP contribution in [0.3, 0.4) is 0 Å². The van der Waals surface area contributed by atoms with Crippen LogP contribution in [0.15, 0.2) is 29.2 Å². The molecule has 0 aromatic heterocycles. The average Bonchev–Trinajstić information content (AvgIpc) is 2.03. The van der Waals surface area contributed by atoms with E-state index in [2.05, 4.69) is 0 Å². The van der Waals surface area contributed by atoms with Gasteiger partial charge in [-0.05, 0) is 12.1 Å². The van der Waals surface area contributed by atoms with Crippen molar-refractivity contribution in [3.63, 3.8) is 0 Å². The van der Waals surface area contributed by atoms with E-state index in [0.717, 1.165) is 6.07 Å². The predicted octanol–water partition coefficient (Wildman–Crippen LogP) is 0.365. The van der Waals surface area contributed by atoms with Crippen molar-refractivity contribution < 1.29 is 17.8 Å². The van der Waals surface area contributed by atoms with Gasteiger partial charge in [-0.25, -0.2) is 0 Å². The van der Waals surface area contributed by atoms with Crippen molar-refractivity contribution in [2.24, 2.45) is 0 Å². The van der Waals surface area contributed by atoms with Crippen molar-refractivity contribution in [1.29, 1.82) is 0 Å². The molecule has 1 aromatic carbocycles. The first kappa shape index (κ1) is 12.8. The van der Waals surface area contributed by atoms with E-state index in [-0.39, 0.29) is 40.0 Å². The van der Waals surface area contributed by atoms with Crippen LogP contribution in [0.2, 0.25) is 0 Å². The van der Waals surface area contributed by atoms with Crippen LogP contribution in [0.1, 0.15) is 10.4 Å². The average molecular weight is 209 g/mol. The molecular formula is C7H6NaO4S. The Hall–Kier alpha value is -0.200. The molecule has 0 unspecified atom stereocenters. The molecule has 0 aliphatic rings. The SMILES string of the molecule is O=Cc1cccc(S(=O)(=O)O)c1.[Na]. The second-order valence-electron chi connectivity index (χ2n) is 2.17. The zero-order chi connectivity index (χ0) is 9.19. The molecular weight excluding hydrogens is 203 g/mol. The van der Waals surface area contributed by atoms with Gasteiger partial charge in [0, 0.05) is 35.1 Å². The van der Waals surface area contributed by atoms with Gasteiger partial charge in [0.15, 0.2) is 0 Å². The summed E-state index contributed by atoms with van der Waals surface area (Å²) in [5, 5.41) is 0. The zero-order valence-electron chi connectivity index (χ0n) is 6.97. The third-order valence-corrected chi connectivity index (χ3v) is 2.14. The number of carbonyl (C=O) groups excluding carboxylic acids is 1. The Labute approximate surface area is 98.0 Å². The molecule has 0 saturated heterocycles. The van der Waals surface area contributed by atoms with Crippen molar-refractivity contribution in [2.45, 2.75) is 4.90 Å². The molecule has 1 aromatic rings. The fraction of sp³-hybridized carbons (Fsp3) is 0. The van der Waals surface area contributed by atoms with Gasteiger partial charge in [-0.1, -0.05) is 12.1 Å². The third kappa shape index (κ3) is 3.58. The summed E-state index contributed by atoms with van der Waals surface area (Å²) in [5.74, 6) is 0. The molecule has 13 heavy (non-hydrogen) atoms. The van der Waals surface area contributed by atoms with Crippen LogP contribution < -0.4 is 0 Å². The first-order valence-electron chi connectivity index (χ1n) is 3.07. The van der Waals surface area contributed by atoms with Crippen LogP contribution in [0.25, 0.3) is 0 Å². The minimum atomic E-state index is -4.19. The Balaban J connectivity index is 0.00000144. The molecule has 1 rings (SSSR count). The quantitative estimate of drug-likeness (QED) is 0.434. The molecule has 0 heterocycles. The van der Waals surface area contributed by atoms with Gasteiger partial charge in [-0.3, -0.25) is 9.35 Å². The molecule has 1 radical (unpaired) electrons. The molecule has 0 fully saturated rings. The predicted molar refractivity (Wildman–Crippen MR) is 47.4 cm³/mol. The summed E-state index contributed by atoms with van der Waals surface area (Å²) in [6.45, 7) is 0. The van der Waals surface area contributed by atoms with Gasteiger partial charge in [-0.2, -0.15) is 8.42 Å². The Kier molecular flexibility index (Phi) is 4.80. The van der Waals surface area contributed by atoms with Crippen molar-refractivity contribution >= 4 is 46.0 Å². The van der Waals surface area contributed by atoms with E-state index in [0.29, 0.717) is 6.29 Å². The number of carbonyl (C=O) groups is 1. The maximum absolute atomic E-state index is 10.5. The Morgan fingerprint density at radius 3 is 2.38 bits per heavy atom. The van der Waals surface area contributed by atoms with Crippen molar-refractivity contribution in [1.82, 2.24) is 0 Å². The fourth-order valence-corrected chi connectivity index (χ4v) is 1.28. The summed E-state index contributed by atoms with van der Waals surface area (Å²) in [6, 6.07) is 5.14. The van der Waals surface area contributed by atoms with E-state index in [9.17, 15) is 13.2 Å². The molecule has 65 valence electrons. The summed E-state index contributed by atoms with van der Waals surface area (Å²) >= 11 is 0. The number of benzene rings is 1. The second-order valence-corrected chi connectivity index (χ2v) is 3.59. The summed E-state index contributed by atoms with van der Waals surface area (Å²) in [6.07, 6.45) is 0.509. The van der Waals surface area contributed by atoms with E-state index in [1.165, 1.54) is 18.2 Å². The summed E-state index contributed by atoms with van der Waals surface area (Å²) in [7, 11) is -4.19. The van der Waals surface area contributed by atoms with Gasteiger partial charge in [0.2, 0.25) is 0 Å². The number of aldehydes is 1. The van der Waals surface area contributed by atoms with E-state index >= 15 is 0 Å². The maximum atomic E-state index is 10.5. The minimum absolute atomic E-state index is 0. The normalized spacial score (nSPS) is 10.2. The van der Waals surface area contributed by atoms with Gasteiger partial charge < -0.3 is 0 Å². The molecule has 0 aliphatic heterocycles. The molecule has 0 aliphatic carbocycles. The van der Waals surface area contributed by atoms with E-state index in [1.807, 2.05) is 0 Å². The van der Waals surface area contributed by atoms with Crippen LogP contribution in [-0.4, -0.2) is 48.8 Å². The molecule has 0 spiro atoms. The molecule has 0 bridgehead atoms. The third-order valence-electron chi connectivity index (χ3n) is 1.29. The van der Waals surface area contributed by atoms with Crippen molar-refractivity contribution in [3.8, 4) is 0 Å². The monoisotopic (exact) mass is 209 g/mol. The van der Waals surface area contributed by atoms with Crippen LogP contribution >= 0.6 is 0 Å². The molecule has 4 nitrogen and oxygen atoms in total. The number of hydrogen-bond acceptors (Lipinski definition) is 3. The summed E-state index contributed by atoms with van der Waals surface area (Å²) in [4.78, 5) is 9.94. The molecule has 0 saturated carbocycles. The maximum Gasteiger partial charge on any atom is 0.294 e. The summed E-state index contributed by atoms with van der Waals surface area (Å²) < 4.78 is 29.6. The first-order chi connectivity index (χ1) is 5.54. The topological polar surface area (TPSA) is 71.4 Å². The fourth-order valence-electron chi connectivity index (χ4n) is 0.748. The number of rotatable bonds is 2. The van der Waals surface area contributed by atoms with Crippen molar-refractivity contribution in [3.05, 3.63) is 29.8 Å². The van der Waals surface area contributed by atoms with Gasteiger partial charge in [0.25, 0.3) is 10.1 Å². The van der Waals surface area contributed by atoms with Crippen LogP contribution in [-0.2, 0) is 10.1 Å². The Morgan fingerprint density at radius 2 is 1.92 bits per heavy atom. The van der Waals surface area contributed by atoms with Crippen LogP contribution in [0, 0.1) is 0 Å². The molecule has 1 N–H and O–H groups in total. The molecule has 6 heteroatoms. The minimum Gasteiger partial charge on any atom is -0.298 e. The second kappa shape index (κ2) is 4.88. The van der Waals surface area contributed by atoms with Crippen molar-refractivity contribution in [2.75, 3.05) is 0 Å². The van der Waals surface area contributed by atoms with Gasteiger partial charge in [-0.15, -0.1) is 0 Å². The number of hydrogen-bond donors (Lipinski definition) is 1. The van der Waals surface area contributed by atoms with E-state index in [1.54, 1.807) is 0 Å². The van der Waals surface area contributed by atoms with Crippen LogP contribution in [0.5, 0.6) is 0 Å². The summed E-state index contributed by atoms with van der Waals surface area (Å²) in [5.41, 5.74) is 0.213. The first-order valence-corrected chi connectivity index (χ1v) is 4.51. The van der Waals surface area contributed by atoms with Gasteiger partial charge in [0.1, 0.15) is 6.29 Å². The van der Waals surface area contributed by atoms with Gasteiger partial charge in [0.05, 0.1) is 4.90 Å². The largest absolute Gasteiger partial charge is 0.298 e. The molecule has 0 atom stereocenters. The Bertz CT molecular complexity index is 399. The molecule has 0 amide bonds. The van der Waals surface area contributed by atoms with E-state index in [4.69, 9.17) is 4.55 Å². The Morgan fingerprint density at radius 1 is 1.31 bits per heavy atom. The smallest absolute Gasteiger partial charge is 0.294 e.